The van der Waals surface area contributed by atoms with Crippen LogP contribution in [-0.2, 0) is 0 Å². The smallest absolute Gasteiger partial charge is 0.308 e. The molecule has 2 amide bonds. The highest BCUT2D eigenvalue weighted by Gasteiger charge is 2.28. The molecule has 4 rings (SSSR count). The summed E-state index contributed by atoms with van der Waals surface area (Å²) < 4.78 is 1.79. The Kier molecular flexibility index (Phi) is 3.75. The Labute approximate surface area is 140 Å². The van der Waals surface area contributed by atoms with E-state index >= 15 is 0 Å². The molecule has 2 aromatic carbocycles. The quantitative estimate of drug-likeness (QED) is 0.749. The van der Waals surface area contributed by atoms with E-state index in [2.05, 4.69) is 15.7 Å². The van der Waals surface area contributed by atoms with Crippen LogP contribution in [0.3, 0.4) is 0 Å². The van der Waals surface area contributed by atoms with Gasteiger partial charge in [0.15, 0.2) is 0 Å². The molecule has 0 saturated heterocycles. The number of urea groups is 1. The van der Waals surface area contributed by atoms with Crippen LogP contribution < -0.4 is 10.6 Å². The second kappa shape index (κ2) is 6.20. The highest BCUT2D eigenvalue weighted by Crippen LogP contribution is 2.40. The van der Waals surface area contributed by atoms with Crippen molar-refractivity contribution in [2.45, 2.75) is 18.8 Å². The van der Waals surface area contributed by atoms with Crippen LogP contribution >= 0.6 is 0 Å². The van der Waals surface area contributed by atoms with Crippen molar-refractivity contribution in [3.05, 3.63) is 72.4 Å². The number of anilines is 2. The van der Waals surface area contributed by atoms with Crippen molar-refractivity contribution in [2.75, 3.05) is 10.6 Å². The van der Waals surface area contributed by atoms with Crippen LogP contribution in [0.15, 0.2) is 66.7 Å². The number of benzene rings is 2. The van der Waals surface area contributed by atoms with E-state index in [1.807, 2.05) is 66.7 Å². The van der Waals surface area contributed by atoms with Gasteiger partial charge in [0.1, 0.15) is 5.82 Å². The normalized spacial score (nSPS) is 13.5. The molecule has 3 aromatic rings. The van der Waals surface area contributed by atoms with Crippen molar-refractivity contribution in [1.29, 1.82) is 0 Å². The van der Waals surface area contributed by atoms with E-state index < -0.39 is 0 Å². The lowest BCUT2D eigenvalue weighted by Crippen LogP contribution is -2.21. The fraction of sp³-hybridized carbons (Fsp3) is 0.158. The van der Waals surface area contributed by atoms with Gasteiger partial charge in [-0.05, 0) is 37.1 Å². The largest absolute Gasteiger partial charge is 0.324 e. The molecule has 0 aliphatic heterocycles. The molecule has 120 valence electrons. The molecular weight excluding hydrogens is 300 g/mol. The second-order valence-corrected chi connectivity index (χ2v) is 5.92. The van der Waals surface area contributed by atoms with Gasteiger partial charge in [0.2, 0.25) is 0 Å². The van der Waals surface area contributed by atoms with Gasteiger partial charge in [0.25, 0.3) is 0 Å². The van der Waals surface area contributed by atoms with E-state index in [4.69, 9.17) is 0 Å². The maximum atomic E-state index is 12.3. The third-order valence-electron chi connectivity index (χ3n) is 4.00. The molecule has 24 heavy (non-hydrogen) atoms. The number of hydrogen-bond donors (Lipinski definition) is 2. The zero-order valence-corrected chi connectivity index (χ0v) is 13.1. The second-order valence-electron chi connectivity index (χ2n) is 5.92. The van der Waals surface area contributed by atoms with E-state index in [0.717, 1.165) is 17.1 Å². The molecule has 0 spiro atoms. The first-order chi connectivity index (χ1) is 11.8. The summed E-state index contributed by atoms with van der Waals surface area (Å²) in [5, 5.41) is 10.4. The third-order valence-corrected chi connectivity index (χ3v) is 4.00. The maximum Gasteiger partial charge on any atom is 0.324 e. The Morgan fingerprint density at radius 3 is 2.29 bits per heavy atom. The molecule has 1 aliphatic rings. The molecule has 1 aromatic heterocycles. The van der Waals surface area contributed by atoms with Crippen molar-refractivity contribution in [3.8, 4) is 5.69 Å². The fourth-order valence-electron chi connectivity index (χ4n) is 2.63. The lowest BCUT2D eigenvalue weighted by atomic mass is 10.3. The molecule has 5 heteroatoms. The summed E-state index contributed by atoms with van der Waals surface area (Å²) in [6, 6.07) is 20.9. The first kappa shape index (κ1) is 14.5. The van der Waals surface area contributed by atoms with Gasteiger partial charge in [-0.25, -0.2) is 9.48 Å². The monoisotopic (exact) mass is 318 g/mol. The van der Waals surface area contributed by atoms with Crippen LogP contribution in [0.4, 0.5) is 16.3 Å². The summed E-state index contributed by atoms with van der Waals surface area (Å²) in [5.41, 5.74) is 2.72. The molecule has 5 nitrogen and oxygen atoms in total. The van der Waals surface area contributed by atoms with E-state index in [1.54, 1.807) is 4.68 Å². The van der Waals surface area contributed by atoms with Gasteiger partial charge in [-0.15, -0.1) is 0 Å². The topological polar surface area (TPSA) is 59.0 Å². The minimum Gasteiger partial charge on any atom is -0.308 e. The number of carbonyl (C=O) groups excluding carboxylic acids is 1. The Hall–Kier alpha value is -3.08. The fourth-order valence-corrected chi connectivity index (χ4v) is 2.63. The maximum absolute atomic E-state index is 12.3. The van der Waals surface area contributed by atoms with Crippen molar-refractivity contribution < 1.29 is 4.79 Å². The number of aromatic nitrogens is 2. The standard InChI is InChI=1S/C19H18N4O/c24-19(20-15-7-3-1-4-8-15)21-18-13-17(14-11-12-14)22-23(18)16-9-5-2-6-10-16/h1-10,13-14H,11-12H2,(H2,20,21,24). The first-order valence-corrected chi connectivity index (χ1v) is 8.08. The number of hydrogen-bond acceptors (Lipinski definition) is 2. The third kappa shape index (κ3) is 3.15. The highest BCUT2D eigenvalue weighted by molar-refractivity contribution is 5.99. The Morgan fingerprint density at radius 1 is 0.958 bits per heavy atom. The van der Waals surface area contributed by atoms with Crippen LogP contribution in [0, 0.1) is 0 Å². The Morgan fingerprint density at radius 2 is 1.62 bits per heavy atom. The number of para-hydroxylation sites is 2. The molecule has 1 heterocycles. The van der Waals surface area contributed by atoms with Gasteiger partial charge >= 0.3 is 6.03 Å². The average molecular weight is 318 g/mol. The van der Waals surface area contributed by atoms with Gasteiger partial charge in [0, 0.05) is 17.7 Å². The van der Waals surface area contributed by atoms with Gasteiger partial charge in [-0.1, -0.05) is 36.4 Å². The van der Waals surface area contributed by atoms with Crippen molar-refractivity contribution in [1.82, 2.24) is 9.78 Å². The summed E-state index contributed by atoms with van der Waals surface area (Å²) in [7, 11) is 0. The number of nitrogens with zero attached hydrogens (tertiary/aromatic N) is 2. The first-order valence-electron chi connectivity index (χ1n) is 8.08. The number of amides is 2. The summed E-state index contributed by atoms with van der Waals surface area (Å²) >= 11 is 0. The summed E-state index contributed by atoms with van der Waals surface area (Å²) in [6.45, 7) is 0. The van der Waals surface area contributed by atoms with E-state index in [1.165, 1.54) is 12.8 Å². The Balaban J connectivity index is 1.58. The number of rotatable bonds is 4. The average Bonchev–Trinajstić information content (AvgIpc) is 3.38. The lowest BCUT2D eigenvalue weighted by Gasteiger charge is -2.10. The number of nitrogens with one attached hydrogen (secondary N) is 2. The van der Waals surface area contributed by atoms with E-state index in [9.17, 15) is 4.79 Å². The van der Waals surface area contributed by atoms with Gasteiger partial charge < -0.3 is 5.32 Å². The molecule has 2 N–H and O–H groups in total. The Bertz CT molecular complexity index is 838. The number of carbonyl (C=O) groups is 1. The molecule has 1 saturated carbocycles. The molecule has 1 aliphatic carbocycles. The zero-order valence-electron chi connectivity index (χ0n) is 13.1. The summed E-state index contributed by atoms with van der Waals surface area (Å²) in [6.07, 6.45) is 2.34. The van der Waals surface area contributed by atoms with Crippen molar-refractivity contribution in [2.24, 2.45) is 0 Å². The molecule has 0 bridgehead atoms. The van der Waals surface area contributed by atoms with Crippen molar-refractivity contribution >= 4 is 17.5 Å². The van der Waals surface area contributed by atoms with Gasteiger partial charge in [0.05, 0.1) is 11.4 Å². The zero-order chi connectivity index (χ0) is 16.4. The molecule has 0 atom stereocenters. The summed E-state index contributed by atoms with van der Waals surface area (Å²) in [4.78, 5) is 12.3. The SMILES string of the molecule is O=C(Nc1ccccc1)Nc1cc(C2CC2)nn1-c1ccccc1. The van der Waals surface area contributed by atoms with E-state index in [0.29, 0.717) is 11.7 Å². The van der Waals surface area contributed by atoms with Crippen LogP contribution in [0.5, 0.6) is 0 Å². The minimum absolute atomic E-state index is 0.277. The van der Waals surface area contributed by atoms with Crippen molar-refractivity contribution in [3.63, 3.8) is 0 Å². The van der Waals surface area contributed by atoms with E-state index in [-0.39, 0.29) is 6.03 Å². The van der Waals surface area contributed by atoms with Gasteiger partial charge in [-0.3, -0.25) is 5.32 Å². The molecular formula is C19H18N4O. The van der Waals surface area contributed by atoms with Crippen LogP contribution in [0.25, 0.3) is 5.69 Å². The predicted octanol–water partition coefficient (Wildman–Crippen LogP) is 4.39. The summed E-state index contributed by atoms with van der Waals surface area (Å²) in [5.74, 6) is 1.20. The van der Waals surface area contributed by atoms with Crippen LogP contribution in [-0.4, -0.2) is 15.8 Å². The minimum atomic E-state index is -0.277. The van der Waals surface area contributed by atoms with Gasteiger partial charge in [-0.2, -0.15) is 5.10 Å². The molecule has 1 fully saturated rings. The highest BCUT2D eigenvalue weighted by atomic mass is 16.2. The predicted molar refractivity (Wildman–Crippen MR) is 94.6 cm³/mol. The van der Waals surface area contributed by atoms with Crippen LogP contribution in [0.1, 0.15) is 24.5 Å². The molecule has 0 unspecified atom stereocenters. The molecule has 0 radical (unpaired) electrons. The lowest BCUT2D eigenvalue weighted by molar-refractivity contribution is 0.262. The van der Waals surface area contributed by atoms with Crippen LogP contribution in [0.2, 0.25) is 0 Å².